The number of fused-ring (bicyclic) bond motifs is 1. The van der Waals surface area contributed by atoms with Gasteiger partial charge >= 0.3 is 0 Å². The number of hydrogen-bond donors (Lipinski definition) is 1. The van der Waals surface area contributed by atoms with Gasteiger partial charge in [-0.1, -0.05) is 44.2 Å². The highest BCUT2D eigenvalue weighted by Crippen LogP contribution is 2.27. The van der Waals surface area contributed by atoms with Crippen LogP contribution in [0, 0.1) is 0 Å². The Morgan fingerprint density at radius 3 is 2.60 bits per heavy atom. The fourth-order valence-electron chi connectivity index (χ4n) is 3.56. The molecule has 0 aliphatic rings. The van der Waals surface area contributed by atoms with E-state index in [0.29, 0.717) is 18.7 Å². The third kappa shape index (κ3) is 5.36. The van der Waals surface area contributed by atoms with Crippen LogP contribution in [0.15, 0.2) is 54.6 Å². The number of carbonyl (C=O) groups is 1. The van der Waals surface area contributed by atoms with Crippen molar-refractivity contribution in [2.24, 2.45) is 0 Å². The lowest BCUT2D eigenvalue weighted by molar-refractivity contribution is 0.0953. The molecular formula is C25H31N3O2. The summed E-state index contributed by atoms with van der Waals surface area (Å²) in [5.74, 6) is 0.739. The van der Waals surface area contributed by atoms with Gasteiger partial charge in [-0.3, -0.25) is 4.79 Å². The Hall–Kier alpha value is -2.92. The SMILES string of the molecule is CCOc1cccc(-c2cc(C(=O)NCCCN(CC)CC)c3ccccc3n2)c1. The first-order valence-electron chi connectivity index (χ1n) is 10.8. The van der Waals surface area contributed by atoms with Crippen molar-refractivity contribution >= 4 is 16.8 Å². The number of pyridine rings is 1. The van der Waals surface area contributed by atoms with Crippen LogP contribution in [0.25, 0.3) is 22.2 Å². The minimum absolute atomic E-state index is 0.0599. The molecule has 0 saturated carbocycles. The van der Waals surface area contributed by atoms with E-state index in [1.807, 2.05) is 61.5 Å². The van der Waals surface area contributed by atoms with Gasteiger partial charge in [0.1, 0.15) is 5.75 Å². The van der Waals surface area contributed by atoms with Crippen LogP contribution in [0.3, 0.4) is 0 Å². The zero-order chi connectivity index (χ0) is 21.3. The first kappa shape index (κ1) is 21.8. The molecule has 0 bridgehead atoms. The van der Waals surface area contributed by atoms with Gasteiger partial charge in [0.25, 0.3) is 5.91 Å². The van der Waals surface area contributed by atoms with Crippen molar-refractivity contribution in [3.63, 3.8) is 0 Å². The maximum atomic E-state index is 13.0. The number of hydrogen-bond acceptors (Lipinski definition) is 4. The summed E-state index contributed by atoms with van der Waals surface area (Å²) >= 11 is 0. The summed E-state index contributed by atoms with van der Waals surface area (Å²) in [5, 5.41) is 3.95. The molecule has 0 fully saturated rings. The van der Waals surface area contributed by atoms with Gasteiger partial charge in [-0.15, -0.1) is 0 Å². The van der Waals surface area contributed by atoms with Crippen molar-refractivity contribution in [3.8, 4) is 17.0 Å². The zero-order valence-corrected chi connectivity index (χ0v) is 18.1. The van der Waals surface area contributed by atoms with E-state index in [1.165, 1.54) is 0 Å². The first-order chi connectivity index (χ1) is 14.7. The molecule has 5 heteroatoms. The number of benzene rings is 2. The number of nitrogens with zero attached hydrogens (tertiary/aromatic N) is 2. The highest BCUT2D eigenvalue weighted by atomic mass is 16.5. The molecule has 0 atom stereocenters. The lowest BCUT2D eigenvalue weighted by Gasteiger charge is -2.17. The molecule has 0 aliphatic carbocycles. The van der Waals surface area contributed by atoms with Crippen LogP contribution >= 0.6 is 0 Å². The predicted octanol–water partition coefficient (Wildman–Crippen LogP) is 4.76. The van der Waals surface area contributed by atoms with Crippen LogP contribution < -0.4 is 10.1 Å². The second-order valence-electron chi connectivity index (χ2n) is 7.17. The van der Waals surface area contributed by atoms with Gasteiger partial charge in [0, 0.05) is 17.5 Å². The second kappa shape index (κ2) is 10.7. The smallest absolute Gasteiger partial charge is 0.252 e. The third-order valence-corrected chi connectivity index (χ3v) is 5.23. The van der Waals surface area contributed by atoms with E-state index < -0.39 is 0 Å². The quantitative estimate of drug-likeness (QED) is 0.494. The molecule has 0 aliphatic heterocycles. The van der Waals surface area contributed by atoms with E-state index in [-0.39, 0.29) is 5.91 Å². The van der Waals surface area contributed by atoms with Gasteiger partial charge in [0.2, 0.25) is 0 Å². The lowest BCUT2D eigenvalue weighted by Crippen LogP contribution is -2.30. The van der Waals surface area contributed by atoms with Gasteiger partial charge < -0.3 is 15.0 Å². The molecule has 3 aromatic rings. The summed E-state index contributed by atoms with van der Waals surface area (Å²) in [7, 11) is 0. The summed E-state index contributed by atoms with van der Waals surface area (Å²) in [6, 6.07) is 17.5. The number of aromatic nitrogens is 1. The zero-order valence-electron chi connectivity index (χ0n) is 18.1. The van der Waals surface area contributed by atoms with Gasteiger partial charge in [-0.2, -0.15) is 0 Å². The van der Waals surface area contributed by atoms with Crippen LogP contribution in [0.5, 0.6) is 5.75 Å². The third-order valence-electron chi connectivity index (χ3n) is 5.23. The van der Waals surface area contributed by atoms with E-state index in [9.17, 15) is 4.79 Å². The van der Waals surface area contributed by atoms with E-state index in [4.69, 9.17) is 9.72 Å². The number of ether oxygens (including phenoxy) is 1. The van der Waals surface area contributed by atoms with Crippen LogP contribution in [-0.4, -0.2) is 48.6 Å². The number of rotatable bonds is 10. The predicted molar refractivity (Wildman–Crippen MR) is 123 cm³/mol. The van der Waals surface area contributed by atoms with E-state index in [2.05, 4.69) is 24.1 Å². The topological polar surface area (TPSA) is 54.5 Å². The van der Waals surface area contributed by atoms with Crippen molar-refractivity contribution in [2.75, 3.05) is 32.8 Å². The first-order valence-corrected chi connectivity index (χ1v) is 10.8. The van der Waals surface area contributed by atoms with Crippen molar-refractivity contribution in [2.45, 2.75) is 27.2 Å². The van der Waals surface area contributed by atoms with E-state index in [0.717, 1.165) is 54.0 Å². The highest BCUT2D eigenvalue weighted by molar-refractivity contribution is 6.07. The molecule has 0 saturated heterocycles. The Labute approximate surface area is 179 Å². The Morgan fingerprint density at radius 1 is 1.03 bits per heavy atom. The Balaban J connectivity index is 1.85. The van der Waals surface area contributed by atoms with Crippen molar-refractivity contribution < 1.29 is 9.53 Å². The lowest BCUT2D eigenvalue weighted by atomic mass is 10.0. The fourth-order valence-corrected chi connectivity index (χ4v) is 3.56. The molecule has 30 heavy (non-hydrogen) atoms. The molecule has 3 rings (SSSR count). The summed E-state index contributed by atoms with van der Waals surface area (Å²) in [4.78, 5) is 20.2. The van der Waals surface area contributed by atoms with Crippen LogP contribution in [0.4, 0.5) is 0 Å². The molecule has 1 aromatic heterocycles. The molecule has 0 spiro atoms. The average molecular weight is 406 g/mol. The largest absolute Gasteiger partial charge is 0.494 e. The minimum Gasteiger partial charge on any atom is -0.494 e. The maximum absolute atomic E-state index is 13.0. The summed E-state index contributed by atoms with van der Waals surface area (Å²) < 4.78 is 5.63. The normalized spacial score (nSPS) is 11.1. The van der Waals surface area contributed by atoms with Gasteiger partial charge in [0.15, 0.2) is 0 Å². The second-order valence-corrected chi connectivity index (χ2v) is 7.17. The minimum atomic E-state index is -0.0599. The summed E-state index contributed by atoms with van der Waals surface area (Å²) in [5.41, 5.74) is 3.16. The van der Waals surface area contributed by atoms with E-state index >= 15 is 0 Å². The van der Waals surface area contributed by atoms with Gasteiger partial charge in [0.05, 0.1) is 23.4 Å². The average Bonchev–Trinajstić information content (AvgIpc) is 2.78. The molecule has 1 N–H and O–H groups in total. The van der Waals surface area contributed by atoms with Crippen molar-refractivity contribution in [1.82, 2.24) is 15.2 Å². The summed E-state index contributed by atoms with van der Waals surface area (Å²) in [6.07, 6.45) is 0.930. The van der Waals surface area contributed by atoms with Crippen LogP contribution in [0.1, 0.15) is 37.6 Å². The number of amides is 1. The summed E-state index contributed by atoms with van der Waals surface area (Å²) in [6.45, 7) is 10.6. The molecular weight excluding hydrogens is 374 g/mol. The number of carbonyl (C=O) groups excluding carboxylic acids is 1. The molecule has 0 radical (unpaired) electrons. The Morgan fingerprint density at radius 2 is 1.83 bits per heavy atom. The van der Waals surface area contributed by atoms with Gasteiger partial charge in [-0.25, -0.2) is 4.98 Å². The van der Waals surface area contributed by atoms with Crippen molar-refractivity contribution in [3.05, 3.63) is 60.2 Å². The molecule has 0 unspecified atom stereocenters. The molecule has 5 nitrogen and oxygen atoms in total. The monoisotopic (exact) mass is 405 g/mol. The Bertz CT molecular complexity index is 983. The van der Waals surface area contributed by atoms with Crippen LogP contribution in [-0.2, 0) is 0 Å². The molecule has 1 amide bonds. The van der Waals surface area contributed by atoms with Crippen molar-refractivity contribution in [1.29, 1.82) is 0 Å². The van der Waals surface area contributed by atoms with Gasteiger partial charge in [-0.05, 0) is 57.2 Å². The fraction of sp³-hybridized carbons (Fsp3) is 0.360. The van der Waals surface area contributed by atoms with Crippen LogP contribution in [0.2, 0.25) is 0 Å². The standard InChI is InChI=1S/C25H31N3O2/c1-4-28(5-2)16-10-15-26-25(29)22-18-24(27-23-14-8-7-13-21(22)23)19-11-9-12-20(17-19)30-6-3/h7-9,11-14,17-18H,4-6,10,15-16H2,1-3H3,(H,26,29). The molecule has 1 heterocycles. The molecule has 2 aromatic carbocycles. The van der Waals surface area contributed by atoms with E-state index in [1.54, 1.807) is 0 Å². The maximum Gasteiger partial charge on any atom is 0.252 e. The highest BCUT2D eigenvalue weighted by Gasteiger charge is 2.14. The number of nitrogens with one attached hydrogen (secondary N) is 1. The number of para-hydroxylation sites is 1. The molecule has 158 valence electrons. The Kier molecular flexibility index (Phi) is 7.80.